The minimum absolute atomic E-state index is 0.115. The quantitative estimate of drug-likeness (QED) is 0.772. The molecule has 1 saturated heterocycles. The summed E-state index contributed by atoms with van der Waals surface area (Å²) in [5, 5.41) is 23.1. The Bertz CT molecular complexity index is 1070. The van der Waals surface area contributed by atoms with E-state index in [0.29, 0.717) is 37.1 Å². The SMILES string of the molecule is CC(c1cnn(C2CCN(C(=O)O)CC2)c1C#N)C(F)c1ccc(S(C)(=O)=O)cc1. The number of nitriles is 1. The zero-order valence-corrected chi connectivity index (χ0v) is 17.5. The van der Waals surface area contributed by atoms with E-state index in [1.165, 1.54) is 35.4 Å². The number of piperidine rings is 1. The van der Waals surface area contributed by atoms with Crippen LogP contribution in [0.2, 0.25) is 0 Å². The highest BCUT2D eigenvalue weighted by atomic mass is 32.2. The summed E-state index contributed by atoms with van der Waals surface area (Å²) in [6.07, 6.45) is 1.23. The number of amides is 1. The van der Waals surface area contributed by atoms with Crippen LogP contribution >= 0.6 is 0 Å². The standard InChI is InChI=1S/C20H23FN4O4S/c1-13(19(21)14-3-5-16(6-4-14)30(2,28)29)17-12-23-25(18(17)11-22)15-7-9-24(10-8-15)20(26)27/h3-6,12-13,15,19H,7-10H2,1-2H3,(H,26,27). The van der Waals surface area contributed by atoms with E-state index in [2.05, 4.69) is 11.2 Å². The molecule has 0 spiro atoms. The van der Waals surface area contributed by atoms with Crippen LogP contribution < -0.4 is 0 Å². The Morgan fingerprint density at radius 1 is 1.30 bits per heavy atom. The number of aromatic nitrogens is 2. The van der Waals surface area contributed by atoms with Crippen LogP contribution in [-0.4, -0.2) is 53.6 Å². The number of hydrogen-bond acceptors (Lipinski definition) is 5. The minimum atomic E-state index is -3.37. The summed E-state index contributed by atoms with van der Waals surface area (Å²) in [5.41, 5.74) is 1.06. The maximum Gasteiger partial charge on any atom is 0.407 e. The molecule has 30 heavy (non-hydrogen) atoms. The minimum Gasteiger partial charge on any atom is -0.465 e. The van der Waals surface area contributed by atoms with Crippen LogP contribution in [0.1, 0.15) is 54.7 Å². The molecule has 3 rings (SSSR count). The van der Waals surface area contributed by atoms with Crippen molar-refractivity contribution in [3.8, 4) is 6.07 Å². The molecule has 2 unspecified atom stereocenters. The van der Waals surface area contributed by atoms with Gasteiger partial charge in [-0.2, -0.15) is 10.4 Å². The Balaban J connectivity index is 1.81. The van der Waals surface area contributed by atoms with Gasteiger partial charge in [-0.3, -0.25) is 4.68 Å². The Morgan fingerprint density at radius 3 is 2.40 bits per heavy atom. The molecule has 2 heterocycles. The number of nitrogens with zero attached hydrogens (tertiary/aromatic N) is 4. The van der Waals surface area contributed by atoms with Gasteiger partial charge in [0.25, 0.3) is 0 Å². The van der Waals surface area contributed by atoms with Crippen molar-refractivity contribution in [2.75, 3.05) is 19.3 Å². The molecule has 1 aromatic heterocycles. The average molecular weight is 434 g/mol. The average Bonchev–Trinajstić information content (AvgIpc) is 3.16. The Kier molecular flexibility index (Phi) is 6.12. The third-order valence-electron chi connectivity index (χ3n) is 5.57. The lowest BCUT2D eigenvalue weighted by atomic mass is 9.92. The number of hydrogen-bond donors (Lipinski definition) is 1. The fourth-order valence-corrected chi connectivity index (χ4v) is 4.38. The fourth-order valence-electron chi connectivity index (χ4n) is 3.75. The van der Waals surface area contributed by atoms with Crippen LogP contribution in [0.4, 0.5) is 9.18 Å². The van der Waals surface area contributed by atoms with Gasteiger partial charge in [0, 0.05) is 30.8 Å². The molecule has 0 bridgehead atoms. The second-order valence-electron chi connectivity index (χ2n) is 7.54. The van der Waals surface area contributed by atoms with Crippen molar-refractivity contribution in [3.63, 3.8) is 0 Å². The van der Waals surface area contributed by atoms with Gasteiger partial charge in [0.2, 0.25) is 0 Å². The van der Waals surface area contributed by atoms with Crippen LogP contribution in [0.5, 0.6) is 0 Å². The van der Waals surface area contributed by atoms with Gasteiger partial charge in [-0.1, -0.05) is 19.1 Å². The first-order chi connectivity index (χ1) is 14.1. The molecule has 0 saturated carbocycles. The summed E-state index contributed by atoms with van der Waals surface area (Å²) < 4.78 is 39.9. The normalized spacial score (nSPS) is 17.3. The van der Waals surface area contributed by atoms with E-state index >= 15 is 4.39 Å². The lowest BCUT2D eigenvalue weighted by Gasteiger charge is -2.30. The number of rotatable bonds is 5. The summed E-state index contributed by atoms with van der Waals surface area (Å²) in [6, 6.07) is 7.61. The van der Waals surface area contributed by atoms with E-state index in [1.54, 1.807) is 11.6 Å². The van der Waals surface area contributed by atoms with Crippen molar-refractivity contribution in [3.05, 3.63) is 47.3 Å². The highest BCUT2D eigenvalue weighted by Crippen LogP contribution is 2.37. The maximum absolute atomic E-state index is 15.2. The van der Waals surface area contributed by atoms with Crippen molar-refractivity contribution in [2.24, 2.45) is 0 Å². The Hall–Kier alpha value is -2.93. The zero-order chi connectivity index (χ0) is 22.1. The molecule has 0 radical (unpaired) electrons. The van der Waals surface area contributed by atoms with Crippen molar-refractivity contribution in [1.82, 2.24) is 14.7 Å². The molecule has 2 aromatic rings. The highest BCUT2D eigenvalue weighted by Gasteiger charge is 2.30. The molecule has 1 aliphatic heterocycles. The van der Waals surface area contributed by atoms with Crippen LogP contribution in [0.25, 0.3) is 0 Å². The summed E-state index contributed by atoms with van der Waals surface area (Å²) in [6.45, 7) is 2.37. The first-order valence-corrected chi connectivity index (χ1v) is 11.4. The number of halogens is 1. The van der Waals surface area contributed by atoms with Gasteiger partial charge in [0.1, 0.15) is 17.9 Å². The number of likely N-dealkylation sites (tertiary alicyclic amines) is 1. The molecule has 1 fully saturated rings. The third kappa shape index (κ3) is 4.31. The van der Waals surface area contributed by atoms with E-state index in [1.807, 2.05) is 0 Å². The molecular weight excluding hydrogens is 411 g/mol. The van der Waals surface area contributed by atoms with Gasteiger partial charge >= 0.3 is 6.09 Å². The molecule has 1 amide bonds. The van der Waals surface area contributed by atoms with Crippen molar-refractivity contribution in [2.45, 2.75) is 42.8 Å². The smallest absolute Gasteiger partial charge is 0.407 e. The second kappa shape index (κ2) is 8.44. The summed E-state index contributed by atoms with van der Waals surface area (Å²) in [4.78, 5) is 12.5. The molecule has 8 nitrogen and oxygen atoms in total. The largest absolute Gasteiger partial charge is 0.465 e. The van der Waals surface area contributed by atoms with E-state index in [0.717, 1.165) is 6.26 Å². The molecular formula is C20H23FN4O4S. The van der Waals surface area contributed by atoms with E-state index in [4.69, 9.17) is 5.11 Å². The van der Waals surface area contributed by atoms with E-state index < -0.39 is 28.0 Å². The molecule has 2 atom stereocenters. The Morgan fingerprint density at radius 2 is 1.90 bits per heavy atom. The maximum atomic E-state index is 15.2. The van der Waals surface area contributed by atoms with Gasteiger partial charge in [0.05, 0.1) is 17.1 Å². The van der Waals surface area contributed by atoms with Gasteiger partial charge in [-0.25, -0.2) is 17.6 Å². The molecule has 10 heteroatoms. The van der Waals surface area contributed by atoms with Crippen LogP contribution in [-0.2, 0) is 9.84 Å². The van der Waals surface area contributed by atoms with Crippen LogP contribution in [0.3, 0.4) is 0 Å². The monoisotopic (exact) mass is 434 g/mol. The van der Waals surface area contributed by atoms with Crippen LogP contribution in [0, 0.1) is 11.3 Å². The first kappa shape index (κ1) is 21.8. The number of carbonyl (C=O) groups is 1. The molecule has 1 aromatic carbocycles. The fraction of sp³-hybridized carbons (Fsp3) is 0.450. The second-order valence-corrected chi connectivity index (χ2v) is 9.55. The van der Waals surface area contributed by atoms with E-state index in [-0.39, 0.29) is 16.6 Å². The van der Waals surface area contributed by atoms with Crippen molar-refractivity contribution in [1.29, 1.82) is 5.26 Å². The number of sulfone groups is 1. The van der Waals surface area contributed by atoms with Gasteiger partial charge < -0.3 is 10.0 Å². The topological polar surface area (TPSA) is 116 Å². The summed E-state index contributed by atoms with van der Waals surface area (Å²) in [5.74, 6) is -0.670. The Labute approximate surface area is 174 Å². The summed E-state index contributed by atoms with van der Waals surface area (Å²) in [7, 11) is -3.37. The zero-order valence-electron chi connectivity index (χ0n) is 16.7. The van der Waals surface area contributed by atoms with Crippen molar-refractivity contribution >= 4 is 15.9 Å². The van der Waals surface area contributed by atoms with Crippen molar-refractivity contribution < 1.29 is 22.7 Å². The number of alkyl halides is 1. The molecule has 160 valence electrons. The summed E-state index contributed by atoms with van der Waals surface area (Å²) >= 11 is 0. The van der Waals surface area contributed by atoms with Gasteiger partial charge in [0.15, 0.2) is 9.84 Å². The van der Waals surface area contributed by atoms with E-state index in [9.17, 15) is 18.5 Å². The van der Waals surface area contributed by atoms with Gasteiger partial charge in [-0.05, 0) is 30.5 Å². The number of carboxylic acid groups (broad SMARTS) is 1. The third-order valence-corrected chi connectivity index (χ3v) is 6.70. The molecule has 1 aliphatic rings. The predicted molar refractivity (Wildman–Crippen MR) is 107 cm³/mol. The van der Waals surface area contributed by atoms with Crippen LogP contribution in [0.15, 0.2) is 35.4 Å². The van der Waals surface area contributed by atoms with Gasteiger partial charge in [-0.15, -0.1) is 0 Å². The first-order valence-electron chi connectivity index (χ1n) is 9.53. The lowest BCUT2D eigenvalue weighted by molar-refractivity contribution is 0.123. The molecule has 1 N–H and O–H groups in total. The predicted octanol–water partition coefficient (Wildman–Crippen LogP) is 3.29. The highest BCUT2D eigenvalue weighted by molar-refractivity contribution is 7.90. The number of benzene rings is 1. The lowest BCUT2D eigenvalue weighted by Crippen LogP contribution is -2.38. The molecule has 0 aliphatic carbocycles.